The molecule has 0 aliphatic carbocycles. The lowest BCUT2D eigenvalue weighted by Gasteiger charge is -2.00. The first kappa shape index (κ1) is 12.6. The summed E-state index contributed by atoms with van der Waals surface area (Å²) in [5, 5.41) is 3.92. The van der Waals surface area contributed by atoms with Crippen LogP contribution in [0.25, 0.3) is 0 Å². The van der Waals surface area contributed by atoms with Gasteiger partial charge in [-0.05, 0) is 30.3 Å². The summed E-state index contributed by atoms with van der Waals surface area (Å²) in [5.41, 5.74) is 3.97. The zero-order chi connectivity index (χ0) is 13.0. The number of benzene rings is 1. The van der Waals surface area contributed by atoms with Crippen molar-refractivity contribution in [3.63, 3.8) is 0 Å². The summed E-state index contributed by atoms with van der Waals surface area (Å²) in [6.07, 6.45) is 3.52. The monoisotopic (exact) mass is 305 g/mol. The van der Waals surface area contributed by atoms with Crippen LogP contribution in [0.3, 0.4) is 0 Å². The van der Waals surface area contributed by atoms with Gasteiger partial charge in [0.25, 0.3) is 5.91 Å². The Bertz CT molecular complexity index is 589. The zero-order valence-electron chi connectivity index (χ0n) is 9.80. The van der Waals surface area contributed by atoms with Crippen LogP contribution >= 0.6 is 15.9 Å². The third-order valence-electron chi connectivity index (χ3n) is 2.43. The van der Waals surface area contributed by atoms with Crippen molar-refractivity contribution in [2.75, 3.05) is 0 Å². The fourth-order valence-corrected chi connectivity index (χ4v) is 1.86. The van der Waals surface area contributed by atoms with Crippen molar-refractivity contribution >= 4 is 28.1 Å². The average Bonchev–Trinajstić information content (AvgIpc) is 2.75. The predicted molar refractivity (Wildman–Crippen MR) is 74.6 cm³/mol. The minimum atomic E-state index is -0.234. The van der Waals surface area contributed by atoms with Crippen molar-refractivity contribution in [3.05, 3.63) is 58.3 Å². The molecule has 0 aliphatic rings. The quantitative estimate of drug-likeness (QED) is 0.687. The number of carbonyl (C=O) groups excluding carboxylic acids is 1. The van der Waals surface area contributed by atoms with E-state index >= 15 is 0 Å². The van der Waals surface area contributed by atoms with Crippen molar-refractivity contribution in [1.29, 1.82) is 0 Å². The molecule has 0 spiro atoms. The van der Waals surface area contributed by atoms with Crippen LogP contribution in [0.4, 0.5) is 0 Å². The highest BCUT2D eigenvalue weighted by atomic mass is 79.9. The molecule has 0 fully saturated rings. The molecule has 0 atom stereocenters. The number of nitrogens with zero attached hydrogens (tertiary/aromatic N) is 2. The standard InChI is InChI=1S/C13H12BrN3O/c1-17-7-3-6-12(17)9-15-16-13(18)10-4-2-5-11(14)8-10/h2-9H,1H3,(H,16,18). The van der Waals surface area contributed by atoms with Crippen LogP contribution in [0, 0.1) is 0 Å². The lowest BCUT2D eigenvalue weighted by atomic mass is 10.2. The maximum absolute atomic E-state index is 11.8. The van der Waals surface area contributed by atoms with Crippen molar-refractivity contribution < 1.29 is 4.79 Å². The van der Waals surface area contributed by atoms with E-state index in [4.69, 9.17) is 0 Å². The highest BCUT2D eigenvalue weighted by Crippen LogP contribution is 2.11. The molecule has 0 saturated heterocycles. The molecule has 1 amide bonds. The maximum Gasteiger partial charge on any atom is 0.271 e. The molecule has 92 valence electrons. The largest absolute Gasteiger partial charge is 0.350 e. The molecule has 5 heteroatoms. The van der Waals surface area contributed by atoms with Crippen LogP contribution in [-0.2, 0) is 7.05 Å². The van der Waals surface area contributed by atoms with Crippen molar-refractivity contribution in [1.82, 2.24) is 9.99 Å². The average molecular weight is 306 g/mol. The summed E-state index contributed by atoms with van der Waals surface area (Å²) in [6.45, 7) is 0. The van der Waals surface area contributed by atoms with Crippen molar-refractivity contribution in [2.24, 2.45) is 12.1 Å². The Labute approximate surface area is 113 Å². The number of hydrazone groups is 1. The van der Waals surface area contributed by atoms with Gasteiger partial charge < -0.3 is 4.57 Å². The highest BCUT2D eigenvalue weighted by molar-refractivity contribution is 9.10. The highest BCUT2D eigenvalue weighted by Gasteiger charge is 2.03. The second-order valence-corrected chi connectivity index (χ2v) is 4.67. The van der Waals surface area contributed by atoms with Crippen LogP contribution in [0.1, 0.15) is 16.1 Å². The van der Waals surface area contributed by atoms with E-state index in [9.17, 15) is 4.79 Å². The van der Waals surface area contributed by atoms with Gasteiger partial charge in [0.05, 0.1) is 11.9 Å². The van der Waals surface area contributed by atoms with Crippen LogP contribution in [-0.4, -0.2) is 16.7 Å². The first-order valence-corrected chi connectivity index (χ1v) is 6.16. The molecular weight excluding hydrogens is 294 g/mol. The molecule has 1 heterocycles. The minimum absolute atomic E-state index is 0.234. The summed E-state index contributed by atoms with van der Waals surface area (Å²) in [6, 6.07) is 11.0. The molecule has 2 aromatic rings. The van der Waals surface area contributed by atoms with Gasteiger partial charge in [-0.3, -0.25) is 4.79 Å². The minimum Gasteiger partial charge on any atom is -0.350 e. The fourth-order valence-electron chi connectivity index (χ4n) is 1.46. The molecule has 1 aromatic carbocycles. The van der Waals surface area contributed by atoms with Gasteiger partial charge in [-0.1, -0.05) is 22.0 Å². The molecule has 1 N–H and O–H groups in total. The Morgan fingerprint density at radius 2 is 2.22 bits per heavy atom. The molecular formula is C13H12BrN3O. The van der Waals surface area contributed by atoms with E-state index in [1.165, 1.54) is 0 Å². The number of carbonyl (C=O) groups is 1. The molecule has 0 saturated carbocycles. The van der Waals surface area contributed by atoms with Gasteiger partial charge in [0.1, 0.15) is 0 Å². The van der Waals surface area contributed by atoms with E-state index in [2.05, 4.69) is 26.5 Å². The number of amides is 1. The van der Waals surface area contributed by atoms with E-state index in [1.54, 1.807) is 24.4 Å². The molecule has 0 unspecified atom stereocenters. The van der Waals surface area contributed by atoms with E-state index in [0.717, 1.165) is 10.2 Å². The van der Waals surface area contributed by atoms with Gasteiger partial charge in [0.2, 0.25) is 0 Å². The second-order valence-electron chi connectivity index (χ2n) is 3.75. The number of aromatic nitrogens is 1. The van der Waals surface area contributed by atoms with Crippen LogP contribution in [0.2, 0.25) is 0 Å². The molecule has 4 nitrogen and oxygen atoms in total. The van der Waals surface area contributed by atoms with Crippen LogP contribution < -0.4 is 5.43 Å². The Morgan fingerprint density at radius 1 is 1.39 bits per heavy atom. The molecule has 18 heavy (non-hydrogen) atoms. The number of hydrogen-bond donors (Lipinski definition) is 1. The smallest absolute Gasteiger partial charge is 0.271 e. The van der Waals surface area contributed by atoms with Gasteiger partial charge in [-0.15, -0.1) is 0 Å². The van der Waals surface area contributed by atoms with E-state index in [1.807, 2.05) is 36.0 Å². The lowest BCUT2D eigenvalue weighted by Crippen LogP contribution is -2.17. The summed E-state index contributed by atoms with van der Waals surface area (Å²) in [4.78, 5) is 11.8. The molecule has 0 bridgehead atoms. The van der Waals surface area contributed by atoms with E-state index < -0.39 is 0 Å². The van der Waals surface area contributed by atoms with E-state index in [-0.39, 0.29) is 5.91 Å². The summed E-state index contributed by atoms with van der Waals surface area (Å²) in [5.74, 6) is -0.234. The predicted octanol–water partition coefficient (Wildman–Crippen LogP) is 2.55. The van der Waals surface area contributed by atoms with Gasteiger partial charge in [0.15, 0.2) is 0 Å². The zero-order valence-corrected chi connectivity index (χ0v) is 11.4. The number of rotatable bonds is 3. The van der Waals surface area contributed by atoms with E-state index in [0.29, 0.717) is 5.56 Å². The SMILES string of the molecule is Cn1cccc1C=NNC(=O)c1cccc(Br)c1. The van der Waals surface area contributed by atoms with Gasteiger partial charge in [-0.25, -0.2) is 5.43 Å². The summed E-state index contributed by atoms with van der Waals surface area (Å²) in [7, 11) is 1.91. The third-order valence-corrected chi connectivity index (χ3v) is 2.93. The topological polar surface area (TPSA) is 46.4 Å². The lowest BCUT2D eigenvalue weighted by molar-refractivity contribution is 0.0955. The normalized spacial score (nSPS) is 10.8. The third kappa shape index (κ3) is 3.07. The Balaban J connectivity index is 2.01. The summed E-state index contributed by atoms with van der Waals surface area (Å²) >= 11 is 3.32. The first-order valence-electron chi connectivity index (χ1n) is 5.37. The van der Waals surface area contributed by atoms with Crippen LogP contribution in [0.5, 0.6) is 0 Å². The van der Waals surface area contributed by atoms with Crippen LogP contribution in [0.15, 0.2) is 52.2 Å². The summed E-state index contributed by atoms with van der Waals surface area (Å²) < 4.78 is 2.77. The Morgan fingerprint density at radius 3 is 2.89 bits per heavy atom. The van der Waals surface area contributed by atoms with Gasteiger partial charge in [-0.2, -0.15) is 5.10 Å². The second kappa shape index (κ2) is 5.64. The number of halogens is 1. The number of nitrogens with one attached hydrogen (secondary N) is 1. The molecule has 0 radical (unpaired) electrons. The maximum atomic E-state index is 11.8. The Hall–Kier alpha value is -1.88. The first-order chi connectivity index (χ1) is 8.66. The van der Waals surface area contributed by atoms with Gasteiger partial charge >= 0.3 is 0 Å². The molecule has 1 aromatic heterocycles. The van der Waals surface area contributed by atoms with Crippen molar-refractivity contribution in [2.45, 2.75) is 0 Å². The number of hydrogen-bond acceptors (Lipinski definition) is 2. The number of aryl methyl sites for hydroxylation is 1. The van der Waals surface area contributed by atoms with Gasteiger partial charge in [0, 0.05) is 23.3 Å². The Kier molecular flexibility index (Phi) is 3.94. The molecule has 2 rings (SSSR count). The molecule has 0 aliphatic heterocycles. The fraction of sp³-hybridized carbons (Fsp3) is 0.0769. The van der Waals surface area contributed by atoms with Crippen molar-refractivity contribution in [3.8, 4) is 0 Å².